The van der Waals surface area contributed by atoms with Crippen LogP contribution < -0.4 is 10.6 Å². The van der Waals surface area contributed by atoms with Crippen LogP contribution in [0.25, 0.3) is 11.6 Å². The first-order valence-corrected chi connectivity index (χ1v) is 9.64. The summed E-state index contributed by atoms with van der Waals surface area (Å²) in [6.07, 6.45) is 2.20. The monoisotopic (exact) mass is 401 g/mol. The molecule has 1 amide bonds. The molecular formula is C19H19N3O5S. The summed E-state index contributed by atoms with van der Waals surface area (Å²) >= 11 is 1.03. The van der Waals surface area contributed by atoms with Crippen molar-refractivity contribution >= 4 is 39.6 Å². The van der Waals surface area contributed by atoms with Gasteiger partial charge < -0.3 is 20.1 Å². The summed E-state index contributed by atoms with van der Waals surface area (Å²) in [6, 6.07) is 8.73. The fourth-order valence-electron chi connectivity index (χ4n) is 3.59. The molecule has 2 aliphatic rings. The minimum atomic E-state index is -0.902. The van der Waals surface area contributed by atoms with E-state index in [-0.39, 0.29) is 10.9 Å². The number of carbonyl (C=O) groups is 1. The van der Waals surface area contributed by atoms with Crippen molar-refractivity contribution in [2.45, 2.75) is 12.2 Å². The molecule has 28 heavy (non-hydrogen) atoms. The second kappa shape index (κ2) is 7.10. The largest absolute Gasteiger partial charge is 0.343 e. The van der Waals surface area contributed by atoms with Gasteiger partial charge in [0.15, 0.2) is 5.79 Å². The van der Waals surface area contributed by atoms with Crippen LogP contribution in [0.1, 0.15) is 22.4 Å². The first-order chi connectivity index (χ1) is 13.4. The van der Waals surface area contributed by atoms with E-state index in [2.05, 4.69) is 0 Å². The van der Waals surface area contributed by atoms with Crippen LogP contribution in [-0.2, 0) is 20.1 Å². The lowest BCUT2D eigenvalue weighted by Gasteiger charge is -2.28. The topological polar surface area (TPSA) is 108 Å². The number of hydrogen-bond acceptors (Lipinski definition) is 7. The SMILES string of the molecule is CN1C(=O)/C(=C\c2ccc([N+](=O)[O-])s2)c2cc(C3(CCN)OCCO3)ccc21. The zero-order chi connectivity index (χ0) is 19.9. The van der Waals surface area contributed by atoms with E-state index in [4.69, 9.17) is 15.2 Å². The van der Waals surface area contributed by atoms with E-state index in [0.717, 1.165) is 28.2 Å². The number of hydrogen-bond donors (Lipinski definition) is 1. The Balaban J connectivity index is 1.78. The van der Waals surface area contributed by atoms with E-state index in [1.165, 1.54) is 6.07 Å². The van der Waals surface area contributed by atoms with Crippen molar-refractivity contribution in [1.29, 1.82) is 0 Å². The van der Waals surface area contributed by atoms with Crippen molar-refractivity contribution in [3.05, 3.63) is 56.5 Å². The Kier molecular flexibility index (Phi) is 4.76. The molecule has 2 N–H and O–H groups in total. The highest BCUT2D eigenvalue weighted by molar-refractivity contribution is 7.16. The molecule has 0 aliphatic carbocycles. The second-order valence-electron chi connectivity index (χ2n) is 6.58. The summed E-state index contributed by atoms with van der Waals surface area (Å²) < 4.78 is 11.7. The van der Waals surface area contributed by atoms with Crippen molar-refractivity contribution in [3.8, 4) is 0 Å². The third-order valence-corrected chi connectivity index (χ3v) is 5.91. The highest BCUT2D eigenvalue weighted by Gasteiger charge is 2.40. The predicted molar refractivity (Wildman–Crippen MR) is 106 cm³/mol. The highest BCUT2D eigenvalue weighted by Crippen LogP contribution is 2.42. The molecule has 0 spiro atoms. The van der Waals surface area contributed by atoms with Crippen LogP contribution in [-0.4, -0.2) is 37.6 Å². The molecule has 2 aliphatic heterocycles. The fraction of sp³-hybridized carbons (Fsp3) is 0.316. The lowest BCUT2D eigenvalue weighted by atomic mass is 9.96. The van der Waals surface area contributed by atoms with Gasteiger partial charge in [0.25, 0.3) is 5.91 Å². The van der Waals surface area contributed by atoms with Gasteiger partial charge in [-0.05, 0) is 30.8 Å². The van der Waals surface area contributed by atoms with Gasteiger partial charge in [-0.3, -0.25) is 14.9 Å². The van der Waals surface area contributed by atoms with Crippen LogP contribution in [0, 0.1) is 10.1 Å². The minimum Gasteiger partial charge on any atom is -0.343 e. The molecule has 8 nitrogen and oxygen atoms in total. The fourth-order valence-corrected chi connectivity index (χ4v) is 4.35. The third-order valence-electron chi connectivity index (χ3n) is 4.93. The van der Waals surface area contributed by atoms with E-state index < -0.39 is 10.7 Å². The van der Waals surface area contributed by atoms with Gasteiger partial charge in [-0.25, -0.2) is 0 Å². The number of likely N-dealkylation sites (N-methyl/N-ethyl adjacent to an activating group) is 1. The van der Waals surface area contributed by atoms with Gasteiger partial charge in [-0.1, -0.05) is 17.4 Å². The average molecular weight is 401 g/mol. The molecule has 0 unspecified atom stereocenters. The molecule has 1 aromatic carbocycles. The Morgan fingerprint density at radius 3 is 2.71 bits per heavy atom. The van der Waals surface area contributed by atoms with Crippen molar-refractivity contribution in [3.63, 3.8) is 0 Å². The van der Waals surface area contributed by atoms with Gasteiger partial charge in [-0.2, -0.15) is 0 Å². The molecule has 0 saturated carbocycles. The number of carbonyl (C=O) groups excluding carboxylic acids is 1. The Bertz CT molecular complexity index is 978. The molecule has 3 heterocycles. The number of rotatable bonds is 5. The van der Waals surface area contributed by atoms with Crippen LogP contribution in [0.15, 0.2) is 30.3 Å². The lowest BCUT2D eigenvalue weighted by Crippen LogP contribution is -2.30. The molecule has 9 heteroatoms. The molecule has 2 aromatic rings. The third kappa shape index (κ3) is 3.02. The van der Waals surface area contributed by atoms with Crippen molar-refractivity contribution in [1.82, 2.24) is 0 Å². The average Bonchev–Trinajstić information content (AvgIpc) is 3.39. The number of amides is 1. The Hall–Kier alpha value is -2.59. The van der Waals surface area contributed by atoms with Crippen LogP contribution in [0.5, 0.6) is 0 Å². The van der Waals surface area contributed by atoms with E-state index in [1.54, 1.807) is 24.1 Å². The van der Waals surface area contributed by atoms with Crippen molar-refractivity contribution in [2.24, 2.45) is 5.73 Å². The summed E-state index contributed by atoms with van der Waals surface area (Å²) in [7, 11) is 1.71. The van der Waals surface area contributed by atoms with Crippen molar-refractivity contribution < 1.29 is 19.2 Å². The van der Waals surface area contributed by atoms with E-state index >= 15 is 0 Å². The maximum atomic E-state index is 12.8. The van der Waals surface area contributed by atoms with Gasteiger partial charge in [0.1, 0.15) is 0 Å². The Morgan fingerprint density at radius 2 is 2.07 bits per heavy atom. The molecule has 146 valence electrons. The molecular weight excluding hydrogens is 382 g/mol. The number of nitro groups is 1. The maximum Gasteiger partial charge on any atom is 0.324 e. The lowest BCUT2D eigenvalue weighted by molar-refractivity contribution is -0.380. The van der Waals surface area contributed by atoms with Gasteiger partial charge >= 0.3 is 5.00 Å². The van der Waals surface area contributed by atoms with Gasteiger partial charge in [0.05, 0.1) is 29.4 Å². The smallest absolute Gasteiger partial charge is 0.324 e. The molecule has 0 atom stereocenters. The summed E-state index contributed by atoms with van der Waals surface area (Å²) in [4.78, 5) is 25.5. The zero-order valence-electron chi connectivity index (χ0n) is 15.2. The normalized spacial score (nSPS) is 19.4. The number of benzene rings is 1. The van der Waals surface area contributed by atoms with Gasteiger partial charge in [0.2, 0.25) is 0 Å². The van der Waals surface area contributed by atoms with Crippen LogP contribution in [0.3, 0.4) is 0 Å². The highest BCUT2D eigenvalue weighted by atomic mass is 32.1. The number of thiophene rings is 1. The minimum absolute atomic E-state index is 0.0364. The van der Waals surface area contributed by atoms with Gasteiger partial charge in [0, 0.05) is 35.5 Å². The number of fused-ring (bicyclic) bond motifs is 1. The molecule has 0 radical (unpaired) electrons. The number of nitrogens with two attached hydrogens (primary N) is 1. The number of nitrogens with zero attached hydrogens (tertiary/aromatic N) is 2. The second-order valence-corrected chi connectivity index (χ2v) is 7.67. The summed E-state index contributed by atoms with van der Waals surface area (Å²) in [5.74, 6) is -1.06. The molecule has 1 aromatic heterocycles. The van der Waals surface area contributed by atoms with Gasteiger partial charge in [-0.15, -0.1) is 0 Å². The Labute approximate surface area is 165 Å². The summed E-state index contributed by atoms with van der Waals surface area (Å²) in [6.45, 7) is 1.37. The number of ether oxygens (including phenoxy) is 2. The molecule has 1 saturated heterocycles. The van der Waals surface area contributed by atoms with E-state index in [0.29, 0.717) is 36.6 Å². The standard InChI is InChI=1S/C19H19N3O5S/c1-21-16-4-2-12(19(6-7-20)26-8-9-27-19)10-14(16)15(18(21)23)11-13-3-5-17(28-13)22(24)25/h2-5,10-11H,6-9,20H2,1H3/b15-11-. The summed E-state index contributed by atoms with van der Waals surface area (Å²) in [5, 5.41) is 11.0. The van der Waals surface area contributed by atoms with Crippen LogP contribution >= 0.6 is 11.3 Å². The van der Waals surface area contributed by atoms with E-state index in [9.17, 15) is 14.9 Å². The number of anilines is 1. The molecule has 1 fully saturated rings. The summed E-state index contributed by atoms with van der Waals surface area (Å²) in [5.41, 5.74) is 8.56. The van der Waals surface area contributed by atoms with Crippen molar-refractivity contribution in [2.75, 3.05) is 31.7 Å². The Morgan fingerprint density at radius 1 is 1.32 bits per heavy atom. The van der Waals surface area contributed by atoms with Crippen LogP contribution in [0.2, 0.25) is 0 Å². The first-order valence-electron chi connectivity index (χ1n) is 8.82. The predicted octanol–water partition coefficient (Wildman–Crippen LogP) is 2.72. The molecule has 4 rings (SSSR count). The molecule has 0 bridgehead atoms. The maximum absolute atomic E-state index is 12.8. The zero-order valence-corrected chi connectivity index (χ0v) is 16.0. The first kappa shape index (κ1) is 18.8. The quantitative estimate of drug-likeness (QED) is 0.469. The van der Waals surface area contributed by atoms with Crippen LogP contribution in [0.4, 0.5) is 10.7 Å². The van der Waals surface area contributed by atoms with E-state index in [1.807, 2.05) is 18.2 Å².